The van der Waals surface area contributed by atoms with Crippen LogP contribution in [0.1, 0.15) is 46.5 Å². The van der Waals surface area contributed by atoms with E-state index in [1.807, 2.05) is 0 Å². The summed E-state index contributed by atoms with van der Waals surface area (Å²) in [4.78, 5) is 2.30. The van der Waals surface area contributed by atoms with Crippen molar-refractivity contribution >= 4 is 8.07 Å². The zero-order chi connectivity index (χ0) is 20.0. The van der Waals surface area contributed by atoms with Crippen LogP contribution in [0.25, 0.3) is 0 Å². The van der Waals surface area contributed by atoms with Gasteiger partial charge in [-0.25, -0.2) is 0 Å². The lowest BCUT2D eigenvalue weighted by Gasteiger charge is -2.28. The van der Waals surface area contributed by atoms with Crippen LogP contribution in [0.15, 0.2) is 0 Å². The molecule has 0 aromatic heterocycles. The Morgan fingerprint density at radius 1 is 0.889 bits per heavy atom. The lowest BCUT2D eigenvalue weighted by atomic mass is 10.1. The van der Waals surface area contributed by atoms with Crippen LogP contribution in [-0.4, -0.2) is 81.5 Å². The highest BCUT2D eigenvalue weighted by atomic mass is 28.3. The minimum atomic E-state index is -1.42. The predicted molar refractivity (Wildman–Crippen MR) is 114 cm³/mol. The highest BCUT2D eigenvalue weighted by molar-refractivity contribution is 6.87. The van der Waals surface area contributed by atoms with Crippen LogP contribution in [-0.2, 0) is 9.47 Å². The smallest absolute Gasteiger partial charge is 0.137 e. The van der Waals surface area contributed by atoms with Crippen molar-refractivity contribution in [1.29, 1.82) is 0 Å². The Kier molecular flexibility index (Phi) is 13.3. The number of hydrogen-bond acceptors (Lipinski definition) is 5. The van der Waals surface area contributed by atoms with Crippen molar-refractivity contribution in [2.45, 2.75) is 76.8 Å². The second-order valence-electron chi connectivity index (χ2n) is 7.67. The van der Waals surface area contributed by atoms with Crippen molar-refractivity contribution in [2.24, 2.45) is 0 Å². The number of aliphatic hydroxyl groups excluding tert-OH is 2. The van der Waals surface area contributed by atoms with E-state index in [9.17, 15) is 10.2 Å². The first kappa shape index (κ1) is 24.6. The molecule has 1 aliphatic rings. The van der Waals surface area contributed by atoms with Crippen molar-refractivity contribution < 1.29 is 19.7 Å². The summed E-state index contributed by atoms with van der Waals surface area (Å²) in [6, 6.07) is 3.54. The van der Waals surface area contributed by atoms with Crippen molar-refractivity contribution in [3.05, 3.63) is 0 Å². The number of β-amino-alcohol motifs (C(OH)–C–C–N with tert-alkyl or cyclic N) is 1. The molecular weight excluding hydrogens is 358 g/mol. The monoisotopic (exact) mass is 399 g/mol. The van der Waals surface area contributed by atoms with Crippen molar-refractivity contribution in [2.75, 3.05) is 46.1 Å². The molecule has 1 aliphatic heterocycles. The van der Waals surface area contributed by atoms with E-state index in [4.69, 9.17) is 9.47 Å². The molecule has 1 heterocycles. The van der Waals surface area contributed by atoms with Crippen molar-refractivity contribution in [3.63, 3.8) is 0 Å². The maximum atomic E-state index is 10.0. The van der Waals surface area contributed by atoms with Gasteiger partial charge in [-0.05, 0) is 44.1 Å². The minimum absolute atomic E-state index is 0.285. The van der Waals surface area contributed by atoms with E-state index >= 15 is 0 Å². The highest BCUT2D eigenvalue weighted by Crippen LogP contribution is 2.18. The standard InChI is InChI=1S/C21H41NO4Si/c1-4-27(5-2,6-3)16-10-11-20(23)18-25-14-15-26-19-21(24)17-22-12-8-7-9-13-22/h20-21,23-24H,4-9,11-15,17-19H2,1-3H3. The first-order chi connectivity index (χ1) is 13.0. The van der Waals surface area contributed by atoms with Crippen LogP contribution in [0.5, 0.6) is 0 Å². The lowest BCUT2D eigenvalue weighted by molar-refractivity contribution is -0.0234. The van der Waals surface area contributed by atoms with Gasteiger partial charge in [0, 0.05) is 13.0 Å². The lowest BCUT2D eigenvalue weighted by Crippen LogP contribution is -2.38. The Labute approximate surface area is 167 Å². The molecule has 0 radical (unpaired) electrons. The van der Waals surface area contributed by atoms with Gasteiger partial charge in [-0.2, -0.15) is 0 Å². The molecule has 2 unspecified atom stereocenters. The van der Waals surface area contributed by atoms with Gasteiger partial charge in [-0.1, -0.05) is 27.2 Å². The summed E-state index contributed by atoms with van der Waals surface area (Å²) in [6.07, 6.45) is 3.25. The van der Waals surface area contributed by atoms with Crippen LogP contribution < -0.4 is 0 Å². The molecule has 6 heteroatoms. The average Bonchev–Trinajstić information content (AvgIpc) is 2.69. The molecule has 0 aromatic rings. The number of piperidine rings is 1. The summed E-state index contributed by atoms with van der Waals surface area (Å²) < 4.78 is 10.9. The first-order valence-corrected chi connectivity index (χ1v) is 13.4. The van der Waals surface area contributed by atoms with E-state index in [1.54, 1.807) is 0 Å². The summed E-state index contributed by atoms with van der Waals surface area (Å²) >= 11 is 0. The molecule has 1 saturated heterocycles. The maximum Gasteiger partial charge on any atom is 0.137 e. The average molecular weight is 400 g/mol. The Morgan fingerprint density at radius 2 is 1.44 bits per heavy atom. The summed E-state index contributed by atoms with van der Waals surface area (Å²) in [7, 11) is -1.42. The van der Waals surface area contributed by atoms with E-state index in [2.05, 4.69) is 37.1 Å². The van der Waals surface area contributed by atoms with E-state index in [0.29, 0.717) is 32.8 Å². The van der Waals surface area contributed by atoms with Gasteiger partial charge in [0.1, 0.15) is 8.07 Å². The quantitative estimate of drug-likeness (QED) is 0.283. The van der Waals surface area contributed by atoms with Gasteiger partial charge in [0.15, 0.2) is 0 Å². The van der Waals surface area contributed by atoms with Crippen LogP contribution >= 0.6 is 0 Å². The Hall–Kier alpha value is -0.423. The van der Waals surface area contributed by atoms with Gasteiger partial charge < -0.3 is 24.6 Å². The molecule has 1 rings (SSSR count). The molecule has 5 nitrogen and oxygen atoms in total. The van der Waals surface area contributed by atoms with E-state index in [-0.39, 0.29) is 6.61 Å². The molecule has 0 bridgehead atoms. The predicted octanol–water partition coefficient (Wildman–Crippen LogP) is 2.67. The molecule has 0 saturated carbocycles. The maximum absolute atomic E-state index is 10.0. The van der Waals surface area contributed by atoms with Gasteiger partial charge >= 0.3 is 0 Å². The van der Waals surface area contributed by atoms with Gasteiger partial charge in [-0.15, -0.1) is 11.5 Å². The molecule has 1 fully saturated rings. The van der Waals surface area contributed by atoms with Crippen LogP contribution in [0, 0.1) is 11.5 Å². The van der Waals surface area contributed by atoms with E-state index in [1.165, 1.54) is 37.4 Å². The zero-order valence-electron chi connectivity index (χ0n) is 17.7. The van der Waals surface area contributed by atoms with Crippen LogP contribution in [0.2, 0.25) is 18.1 Å². The summed E-state index contributed by atoms with van der Waals surface area (Å²) in [6.45, 7) is 11.0. The number of nitrogens with zero attached hydrogens (tertiary/aromatic N) is 1. The Morgan fingerprint density at radius 3 is 2.00 bits per heavy atom. The summed E-state index contributed by atoms with van der Waals surface area (Å²) in [5.41, 5.74) is 3.49. The topological polar surface area (TPSA) is 62.2 Å². The number of ether oxygens (including phenoxy) is 2. The fourth-order valence-corrected chi connectivity index (χ4v) is 5.99. The molecule has 27 heavy (non-hydrogen) atoms. The number of aliphatic hydroxyl groups is 2. The molecule has 2 N–H and O–H groups in total. The highest BCUT2D eigenvalue weighted by Gasteiger charge is 2.24. The van der Waals surface area contributed by atoms with Crippen molar-refractivity contribution in [3.8, 4) is 11.5 Å². The summed E-state index contributed by atoms with van der Waals surface area (Å²) in [5, 5.41) is 20.0. The SMILES string of the molecule is CC[Si](C#CCC(O)COCCOCC(O)CN1CCCCC1)(CC)CC. The third-order valence-corrected chi connectivity index (χ3v) is 10.4. The second-order valence-corrected chi connectivity index (χ2v) is 12.6. The third kappa shape index (κ3) is 10.6. The second kappa shape index (κ2) is 14.6. The fourth-order valence-electron chi connectivity index (χ4n) is 3.48. The van der Waals surface area contributed by atoms with Gasteiger partial charge in [-0.3, -0.25) is 0 Å². The van der Waals surface area contributed by atoms with Gasteiger partial charge in [0.05, 0.1) is 38.6 Å². The largest absolute Gasteiger partial charge is 0.390 e. The number of likely N-dealkylation sites (tertiary alicyclic amines) is 1. The Bertz CT molecular complexity index is 419. The number of rotatable bonds is 13. The molecule has 0 aromatic carbocycles. The first-order valence-electron chi connectivity index (χ1n) is 10.8. The molecular formula is C21H41NO4Si. The van der Waals surface area contributed by atoms with Crippen molar-refractivity contribution in [1.82, 2.24) is 4.90 Å². The molecule has 0 aliphatic carbocycles. The van der Waals surface area contributed by atoms with Crippen LogP contribution in [0.4, 0.5) is 0 Å². The van der Waals surface area contributed by atoms with E-state index in [0.717, 1.165) is 13.1 Å². The van der Waals surface area contributed by atoms with Gasteiger partial charge in [0.2, 0.25) is 0 Å². The number of hydrogen-bond donors (Lipinski definition) is 2. The fraction of sp³-hybridized carbons (Fsp3) is 0.905. The molecule has 0 spiro atoms. The molecule has 0 amide bonds. The zero-order valence-corrected chi connectivity index (χ0v) is 18.7. The molecule has 2 atom stereocenters. The normalized spacial score (nSPS) is 18.0. The van der Waals surface area contributed by atoms with Gasteiger partial charge in [0.25, 0.3) is 0 Å². The minimum Gasteiger partial charge on any atom is -0.390 e. The third-order valence-electron chi connectivity index (χ3n) is 5.63. The van der Waals surface area contributed by atoms with Crippen LogP contribution in [0.3, 0.4) is 0 Å². The molecule has 158 valence electrons. The summed E-state index contributed by atoms with van der Waals surface area (Å²) in [5.74, 6) is 3.20. The van der Waals surface area contributed by atoms with E-state index < -0.39 is 20.3 Å². The Balaban J connectivity index is 2.05.